The number of alkyl halides is 3. The van der Waals surface area contributed by atoms with E-state index < -0.39 is 11.7 Å². The number of halogens is 3. The Morgan fingerprint density at radius 3 is 2.47 bits per heavy atom. The molecule has 5 heteroatoms. The zero-order valence-corrected chi connectivity index (χ0v) is 9.31. The number of hydrogen-bond donors (Lipinski definition) is 0. The summed E-state index contributed by atoms with van der Waals surface area (Å²) >= 11 is 1.13. The molecule has 0 N–H and O–H groups in total. The molecule has 0 bridgehead atoms. The number of carbonyl (C=O) groups excluding carboxylic acids is 1. The van der Waals surface area contributed by atoms with Crippen LogP contribution in [0.4, 0.5) is 13.2 Å². The molecule has 1 aromatic heterocycles. The summed E-state index contributed by atoms with van der Waals surface area (Å²) in [7, 11) is 0. The van der Waals surface area contributed by atoms with Crippen molar-refractivity contribution < 1.29 is 18.0 Å². The van der Waals surface area contributed by atoms with E-state index in [4.69, 9.17) is 0 Å². The van der Waals surface area contributed by atoms with E-state index in [2.05, 4.69) is 0 Å². The van der Waals surface area contributed by atoms with E-state index in [1.165, 1.54) is 18.2 Å². The molecule has 0 atom stereocenters. The van der Waals surface area contributed by atoms with Crippen LogP contribution in [0, 0.1) is 0 Å². The normalized spacial score (nSPS) is 11.5. The molecule has 0 unspecified atom stereocenters. The first kappa shape index (κ1) is 11.9. The van der Waals surface area contributed by atoms with Gasteiger partial charge in [-0.05, 0) is 28.6 Å². The summed E-state index contributed by atoms with van der Waals surface area (Å²) in [6.07, 6.45) is -3.76. The van der Waals surface area contributed by atoms with Crippen LogP contribution < -0.4 is 0 Å². The van der Waals surface area contributed by atoms with Gasteiger partial charge in [-0.3, -0.25) is 4.79 Å². The Morgan fingerprint density at radius 2 is 1.88 bits per heavy atom. The molecule has 0 spiro atoms. The maximum Gasteiger partial charge on any atom is 0.417 e. The number of hydrogen-bond acceptors (Lipinski definition) is 2. The monoisotopic (exact) mass is 256 g/mol. The summed E-state index contributed by atoms with van der Waals surface area (Å²) in [5, 5.41) is 1.55. The lowest BCUT2D eigenvalue weighted by Gasteiger charge is -2.11. The van der Waals surface area contributed by atoms with Crippen molar-refractivity contribution in [3.8, 4) is 11.1 Å². The quantitative estimate of drug-likeness (QED) is 0.734. The zero-order valence-electron chi connectivity index (χ0n) is 8.49. The van der Waals surface area contributed by atoms with Crippen LogP contribution in [0.1, 0.15) is 15.2 Å². The van der Waals surface area contributed by atoms with Crippen LogP contribution in [0.25, 0.3) is 11.1 Å². The average molecular weight is 256 g/mol. The lowest BCUT2D eigenvalue weighted by atomic mass is 10.0. The van der Waals surface area contributed by atoms with Crippen molar-refractivity contribution in [3.63, 3.8) is 0 Å². The minimum Gasteiger partial charge on any atom is -0.297 e. The Balaban J connectivity index is 2.55. The molecule has 0 fully saturated rings. The Morgan fingerprint density at radius 1 is 1.18 bits per heavy atom. The average Bonchev–Trinajstić information content (AvgIpc) is 2.76. The second-order valence-corrected chi connectivity index (χ2v) is 4.34. The number of benzene rings is 1. The molecule has 88 valence electrons. The maximum absolute atomic E-state index is 12.8. The molecular weight excluding hydrogens is 249 g/mol. The Kier molecular flexibility index (Phi) is 3.02. The van der Waals surface area contributed by atoms with Crippen molar-refractivity contribution >= 4 is 17.6 Å². The van der Waals surface area contributed by atoms with E-state index in [1.54, 1.807) is 11.4 Å². The second kappa shape index (κ2) is 4.33. The lowest BCUT2D eigenvalue weighted by Crippen LogP contribution is -2.06. The molecule has 1 nitrogen and oxygen atoms in total. The summed E-state index contributed by atoms with van der Waals surface area (Å²) in [6.45, 7) is 0. The fourth-order valence-corrected chi connectivity index (χ4v) is 2.25. The first-order valence-corrected chi connectivity index (χ1v) is 5.60. The maximum atomic E-state index is 12.8. The summed E-state index contributed by atoms with van der Waals surface area (Å²) < 4.78 is 38.3. The number of carbonyl (C=O) groups is 1. The molecule has 2 rings (SSSR count). The zero-order chi connectivity index (χ0) is 12.5. The van der Waals surface area contributed by atoms with Crippen molar-refractivity contribution in [1.29, 1.82) is 0 Å². The van der Waals surface area contributed by atoms with Gasteiger partial charge >= 0.3 is 6.18 Å². The molecule has 1 aromatic carbocycles. The van der Waals surface area contributed by atoms with Gasteiger partial charge in [0.2, 0.25) is 0 Å². The Hall–Kier alpha value is -1.62. The highest BCUT2D eigenvalue weighted by atomic mass is 32.1. The summed E-state index contributed by atoms with van der Waals surface area (Å²) in [4.78, 5) is 10.9. The predicted molar refractivity (Wildman–Crippen MR) is 60.1 cm³/mol. The van der Waals surface area contributed by atoms with E-state index in [-0.39, 0.29) is 5.56 Å². The van der Waals surface area contributed by atoms with E-state index in [9.17, 15) is 18.0 Å². The Bertz CT molecular complexity index is 543. The number of thiophene rings is 1. The highest BCUT2D eigenvalue weighted by Crippen LogP contribution is 2.37. The molecule has 17 heavy (non-hydrogen) atoms. The van der Waals surface area contributed by atoms with Gasteiger partial charge in [0, 0.05) is 0 Å². The molecule has 0 aliphatic rings. The molecule has 0 radical (unpaired) electrons. The highest BCUT2D eigenvalue weighted by Gasteiger charge is 2.33. The largest absolute Gasteiger partial charge is 0.417 e. The third-order valence-electron chi connectivity index (χ3n) is 2.28. The second-order valence-electron chi connectivity index (χ2n) is 3.40. The van der Waals surface area contributed by atoms with Crippen molar-refractivity contribution in [2.45, 2.75) is 6.18 Å². The van der Waals surface area contributed by atoms with Crippen LogP contribution >= 0.6 is 11.3 Å². The predicted octanol–water partition coefficient (Wildman–Crippen LogP) is 4.25. The molecule has 2 aromatic rings. The third-order valence-corrected chi connectivity index (χ3v) is 3.14. The van der Waals surface area contributed by atoms with Crippen molar-refractivity contribution in [3.05, 3.63) is 46.2 Å². The summed E-state index contributed by atoms with van der Waals surface area (Å²) in [6, 6.07) is 6.79. The first-order chi connectivity index (χ1) is 8.02. The van der Waals surface area contributed by atoms with Gasteiger partial charge < -0.3 is 0 Å². The van der Waals surface area contributed by atoms with E-state index in [1.807, 2.05) is 0 Å². The molecule has 0 saturated heterocycles. The van der Waals surface area contributed by atoms with E-state index >= 15 is 0 Å². The molecule has 0 saturated carbocycles. The van der Waals surface area contributed by atoms with E-state index in [0.717, 1.165) is 17.4 Å². The number of aldehydes is 1. The number of rotatable bonds is 2. The summed E-state index contributed by atoms with van der Waals surface area (Å²) in [5.41, 5.74) is -0.162. The minimum absolute atomic E-state index is 0.101. The van der Waals surface area contributed by atoms with Gasteiger partial charge in [-0.25, -0.2) is 0 Å². The third kappa shape index (κ3) is 2.39. The van der Waals surface area contributed by atoms with E-state index in [0.29, 0.717) is 16.7 Å². The molecule has 1 heterocycles. The lowest BCUT2D eigenvalue weighted by molar-refractivity contribution is -0.137. The van der Waals surface area contributed by atoms with Gasteiger partial charge in [-0.15, -0.1) is 11.3 Å². The first-order valence-electron chi connectivity index (χ1n) is 4.72. The molecular formula is C12H7F3OS. The van der Waals surface area contributed by atoms with Crippen LogP contribution in [0.3, 0.4) is 0 Å². The molecule has 0 aliphatic heterocycles. The Labute approximate surface area is 99.5 Å². The summed E-state index contributed by atoms with van der Waals surface area (Å²) in [5.74, 6) is 0. The smallest absolute Gasteiger partial charge is 0.297 e. The van der Waals surface area contributed by atoms with Crippen LogP contribution in [-0.2, 0) is 6.18 Å². The SMILES string of the molecule is O=Cc1cc(-c2ccccc2C(F)(F)F)cs1. The van der Waals surface area contributed by atoms with Gasteiger partial charge in [0.05, 0.1) is 10.4 Å². The fraction of sp³-hybridized carbons (Fsp3) is 0.0833. The minimum atomic E-state index is -4.39. The van der Waals surface area contributed by atoms with Gasteiger partial charge in [0.1, 0.15) is 0 Å². The van der Waals surface area contributed by atoms with Crippen LogP contribution in [0.5, 0.6) is 0 Å². The van der Waals surface area contributed by atoms with Gasteiger partial charge in [0.15, 0.2) is 6.29 Å². The van der Waals surface area contributed by atoms with Gasteiger partial charge in [-0.2, -0.15) is 13.2 Å². The standard InChI is InChI=1S/C12H7F3OS/c13-12(14,15)11-4-2-1-3-10(11)8-5-9(6-16)17-7-8/h1-7H. The molecule has 0 amide bonds. The van der Waals surface area contributed by atoms with Crippen molar-refractivity contribution in [2.24, 2.45) is 0 Å². The molecule has 0 aliphatic carbocycles. The fourth-order valence-electron chi connectivity index (χ4n) is 1.54. The van der Waals surface area contributed by atoms with Gasteiger partial charge in [0.25, 0.3) is 0 Å². The van der Waals surface area contributed by atoms with Gasteiger partial charge in [-0.1, -0.05) is 18.2 Å². The highest BCUT2D eigenvalue weighted by molar-refractivity contribution is 7.12. The van der Waals surface area contributed by atoms with Crippen molar-refractivity contribution in [2.75, 3.05) is 0 Å². The van der Waals surface area contributed by atoms with Crippen molar-refractivity contribution in [1.82, 2.24) is 0 Å². The van der Waals surface area contributed by atoms with Crippen LogP contribution in [0.2, 0.25) is 0 Å². The van der Waals surface area contributed by atoms with Crippen LogP contribution in [-0.4, -0.2) is 6.29 Å². The topological polar surface area (TPSA) is 17.1 Å². The van der Waals surface area contributed by atoms with Crippen LogP contribution in [0.15, 0.2) is 35.7 Å².